The standard InChI is InChI=1S/C21H30N2O2/c1-25-16-19-9-10-21(23(19)15-17-7-8-17)11-13-22(14-12-21)20(24)18-5-3-2-4-6-18/h2-6,17,19H,7-16H2,1H3/t19-/m0/s1. The van der Waals surface area contributed by atoms with Crippen molar-refractivity contribution in [2.24, 2.45) is 5.92 Å². The van der Waals surface area contributed by atoms with Gasteiger partial charge >= 0.3 is 0 Å². The van der Waals surface area contributed by atoms with E-state index < -0.39 is 0 Å². The van der Waals surface area contributed by atoms with Gasteiger partial charge in [0.25, 0.3) is 5.91 Å². The zero-order chi connectivity index (χ0) is 17.3. The molecule has 3 aliphatic rings. The van der Waals surface area contributed by atoms with Crippen molar-refractivity contribution < 1.29 is 9.53 Å². The molecule has 0 aromatic heterocycles. The highest BCUT2D eigenvalue weighted by atomic mass is 16.5. The molecule has 1 amide bonds. The molecule has 1 spiro atoms. The molecular weight excluding hydrogens is 312 g/mol. The maximum Gasteiger partial charge on any atom is 0.253 e. The molecule has 1 aromatic rings. The molecule has 2 heterocycles. The Hall–Kier alpha value is -1.39. The SMILES string of the molecule is COC[C@@H]1CCC2(CCN(C(=O)c3ccccc3)CC2)N1CC1CC1. The fourth-order valence-electron chi connectivity index (χ4n) is 4.84. The summed E-state index contributed by atoms with van der Waals surface area (Å²) in [5, 5.41) is 0. The van der Waals surface area contributed by atoms with Gasteiger partial charge in [-0.2, -0.15) is 0 Å². The highest BCUT2D eigenvalue weighted by Gasteiger charge is 2.49. The van der Waals surface area contributed by atoms with E-state index >= 15 is 0 Å². The van der Waals surface area contributed by atoms with Crippen LogP contribution in [0.15, 0.2) is 30.3 Å². The number of methoxy groups -OCH3 is 1. The second-order valence-electron chi connectivity index (χ2n) is 8.13. The van der Waals surface area contributed by atoms with E-state index in [0.717, 1.165) is 44.0 Å². The van der Waals surface area contributed by atoms with E-state index in [1.807, 2.05) is 37.4 Å². The van der Waals surface area contributed by atoms with Crippen LogP contribution in [0.4, 0.5) is 0 Å². The predicted octanol–water partition coefficient (Wildman–Crippen LogP) is 3.18. The molecular formula is C21H30N2O2. The lowest BCUT2D eigenvalue weighted by molar-refractivity contribution is 0.00912. The summed E-state index contributed by atoms with van der Waals surface area (Å²) in [5.74, 6) is 1.09. The van der Waals surface area contributed by atoms with Crippen LogP contribution in [0.1, 0.15) is 48.9 Å². The van der Waals surface area contributed by atoms with E-state index in [0.29, 0.717) is 11.6 Å². The number of hydrogen-bond donors (Lipinski definition) is 0. The summed E-state index contributed by atoms with van der Waals surface area (Å²) in [7, 11) is 1.82. The third-order valence-corrected chi connectivity index (χ3v) is 6.51. The smallest absolute Gasteiger partial charge is 0.253 e. The van der Waals surface area contributed by atoms with Crippen molar-refractivity contribution in [2.75, 3.05) is 33.4 Å². The summed E-state index contributed by atoms with van der Waals surface area (Å²) < 4.78 is 5.50. The van der Waals surface area contributed by atoms with Crippen LogP contribution < -0.4 is 0 Å². The number of carbonyl (C=O) groups excluding carboxylic acids is 1. The number of hydrogen-bond acceptors (Lipinski definition) is 3. The summed E-state index contributed by atoms with van der Waals surface area (Å²) in [4.78, 5) is 17.6. The lowest BCUT2D eigenvalue weighted by Crippen LogP contribution is -2.56. The maximum absolute atomic E-state index is 12.7. The van der Waals surface area contributed by atoms with Gasteiger partial charge in [-0.1, -0.05) is 18.2 Å². The number of rotatable bonds is 5. The van der Waals surface area contributed by atoms with Gasteiger partial charge in [0, 0.05) is 43.9 Å². The van der Waals surface area contributed by atoms with Crippen LogP contribution in [0.25, 0.3) is 0 Å². The van der Waals surface area contributed by atoms with E-state index in [1.54, 1.807) is 0 Å². The molecule has 4 rings (SSSR count). The second-order valence-corrected chi connectivity index (χ2v) is 8.13. The number of amides is 1. The van der Waals surface area contributed by atoms with Crippen LogP contribution in [0.3, 0.4) is 0 Å². The third-order valence-electron chi connectivity index (χ3n) is 6.51. The lowest BCUT2D eigenvalue weighted by atomic mass is 9.84. The van der Waals surface area contributed by atoms with Crippen LogP contribution >= 0.6 is 0 Å². The zero-order valence-corrected chi connectivity index (χ0v) is 15.3. The van der Waals surface area contributed by atoms with Crippen molar-refractivity contribution >= 4 is 5.91 Å². The Morgan fingerprint density at radius 3 is 2.48 bits per heavy atom. The van der Waals surface area contributed by atoms with E-state index in [-0.39, 0.29) is 5.91 Å². The van der Waals surface area contributed by atoms with Crippen molar-refractivity contribution in [3.8, 4) is 0 Å². The molecule has 1 aliphatic carbocycles. The van der Waals surface area contributed by atoms with E-state index in [4.69, 9.17) is 4.74 Å². The van der Waals surface area contributed by atoms with Gasteiger partial charge in [0.05, 0.1) is 6.61 Å². The van der Waals surface area contributed by atoms with E-state index in [2.05, 4.69) is 9.80 Å². The highest BCUT2D eigenvalue weighted by Crippen LogP contribution is 2.44. The molecule has 3 fully saturated rings. The topological polar surface area (TPSA) is 32.8 Å². The molecule has 25 heavy (non-hydrogen) atoms. The van der Waals surface area contributed by atoms with Crippen molar-refractivity contribution in [1.82, 2.24) is 9.80 Å². The average Bonchev–Trinajstić information content (AvgIpc) is 3.43. The monoisotopic (exact) mass is 342 g/mol. The largest absolute Gasteiger partial charge is 0.383 e. The number of likely N-dealkylation sites (tertiary alicyclic amines) is 2. The van der Waals surface area contributed by atoms with Gasteiger partial charge in [-0.25, -0.2) is 0 Å². The van der Waals surface area contributed by atoms with Crippen molar-refractivity contribution in [1.29, 1.82) is 0 Å². The molecule has 0 N–H and O–H groups in total. The molecule has 136 valence electrons. The molecule has 1 atom stereocenters. The molecule has 0 radical (unpaired) electrons. The second kappa shape index (κ2) is 7.08. The van der Waals surface area contributed by atoms with Crippen molar-refractivity contribution in [2.45, 2.75) is 50.1 Å². The fraction of sp³-hybridized carbons (Fsp3) is 0.667. The Labute approximate surface area is 151 Å². The normalized spacial score (nSPS) is 26.3. The average molecular weight is 342 g/mol. The first-order valence-electron chi connectivity index (χ1n) is 9.82. The van der Waals surface area contributed by atoms with Gasteiger partial charge in [-0.15, -0.1) is 0 Å². The van der Waals surface area contributed by atoms with Crippen molar-refractivity contribution in [3.63, 3.8) is 0 Å². The van der Waals surface area contributed by atoms with Gasteiger partial charge < -0.3 is 9.64 Å². The molecule has 1 aromatic carbocycles. The Morgan fingerprint density at radius 1 is 1.12 bits per heavy atom. The maximum atomic E-state index is 12.7. The molecule has 0 unspecified atom stereocenters. The van der Waals surface area contributed by atoms with Gasteiger partial charge in [-0.3, -0.25) is 9.69 Å². The molecule has 4 heteroatoms. The number of piperidine rings is 1. The summed E-state index contributed by atoms with van der Waals surface area (Å²) in [6.45, 7) is 3.85. The third kappa shape index (κ3) is 3.47. The molecule has 2 saturated heterocycles. The van der Waals surface area contributed by atoms with E-state index in [1.165, 1.54) is 32.2 Å². The van der Waals surface area contributed by atoms with Gasteiger partial charge in [0.15, 0.2) is 0 Å². The minimum Gasteiger partial charge on any atom is -0.383 e. The van der Waals surface area contributed by atoms with Crippen LogP contribution in [-0.4, -0.2) is 60.6 Å². The lowest BCUT2D eigenvalue weighted by Gasteiger charge is -2.47. The summed E-state index contributed by atoms with van der Waals surface area (Å²) in [6.07, 6.45) is 7.52. The quantitative estimate of drug-likeness (QED) is 0.824. The molecule has 0 bridgehead atoms. The Balaban J connectivity index is 1.43. The van der Waals surface area contributed by atoms with E-state index in [9.17, 15) is 4.79 Å². The van der Waals surface area contributed by atoms with Crippen LogP contribution in [-0.2, 0) is 4.74 Å². The van der Waals surface area contributed by atoms with Crippen LogP contribution in [0.5, 0.6) is 0 Å². The number of nitrogens with zero attached hydrogens (tertiary/aromatic N) is 2. The van der Waals surface area contributed by atoms with Gasteiger partial charge in [0.1, 0.15) is 0 Å². The summed E-state index contributed by atoms with van der Waals surface area (Å²) >= 11 is 0. The summed E-state index contributed by atoms with van der Waals surface area (Å²) in [6, 6.07) is 10.3. The summed E-state index contributed by atoms with van der Waals surface area (Å²) in [5.41, 5.74) is 1.12. The fourth-order valence-corrected chi connectivity index (χ4v) is 4.84. The predicted molar refractivity (Wildman–Crippen MR) is 98.6 cm³/mol. The van der Waals surface area contributed by atoms with Gasteiger partial charge in [-0.05, 0) is 56.6 Å². The first-order valence-corrected chi connectivity index (χ1v) is 9.82. The number of benzene rings is 1. The zero-order valence-electron chi connectivity index (χ0n) is 15.3. The Bertz CT molecular complexity index is 591. The first kappa shape index (κ1) is 17.0. The molecule has 1 saturated carbocycles. The first-order chi connectivity index (χ1) is 12.2. The molecule has 4 nitrogen and oxygen atoms in total. The number of ether oxygens (including phenoxy) is 1. The molecule has 2 aliphatic heterocycles. The van der Waals surface area contributed by atoms with Gasteiger partial charge in [0.2, 0.25) is 0 Å². The Morgan fingerprint density at radius 2 is 1.84 bits per heavy atom. The van der Waals surface area contributed by atoms with Crippen LogP contribution in [0, 0.1) is 5.92 Å². The Kier molecular flexibility index (Phi) is 4.83. The minimum atomic E-state index is 0.190. The van der Waals surface area contributed by atoms with Crippen molar-refractivity contribution in [3.05, 3.63) is 35.9 Å². The van der Waals surface area contributed by atoms with Crippen LogP contribution in [0.2, 0.25) is 0 Å². The minimum absolute atomic E-state index is 0.190. The number of carbonyl (C=O) groups is 1. The highest BCUT2D eigenvalue weighted by molar-refractivity contribution is 5.94.